The van der Waals surface area contributed by atoms with Gasteiger partial charge in [0.1, 0.15) is 13.1 Å². The Hall–Kier alpha value is -4.13. The number of fused-ring (bicyclic) bond motifs is 1. The van der Waals surface area contributed by atoms with Gasteiger partial charge >= 0.3 is 6.03 Å². The van der Waals surface area contributed by atoms with Gasteiger partial charge in [-0.05, 0) is 43.0 Å². The van der Waals surface area contributed by atoms with Gasteiger partial charge in [0.25, 0.3) is 0 Å². The molecule has 0 saturated heterocycles. The van der Waals surface area contributed by atoms with Gasteiger partial charge in [-0.2, -0.15) is 0 Å². The molecule has 0 saturated carbocycles. The summed E-state index contributed by atoms with van der Waals surface area (Å²) in [6.45, 7) is 2.10. The highest BCUT2D eigenvalue weighted by Gasteiger charge is 2.33. The molecule has 1 aliphatic heterocycles. The van der Waals surface area contributed by atoms with E-state index in [1.54, 1.807) is 18.2 Å². The van der Waals surface area contributed by atoms with Crippen molar-refractivity contribution in [3.05, 3.63) is 96.1 Å². The maximum atomic E-state index is 13.0. The van der Waals surface area contributed by atoms with Gasteiger partial charge < -0.3 is 10.6 Å². The van der Waals surface area contributed by atoms with E-state index in [1.165, 1.54) is 15.4 Å². The zero-order valence-corrected chi connectivity index (χ0v) is 19.8. The fourth-order valence-electron chi connectivity index (χ4n) is 4.15. The van der Waals surface area contributed by atoms with Gasteiger partial charge in [-0.1, -0.05) is 72.8 Å². The molecule has 0 aliphatic carbocycles. The van der Waals surface area contributed by atoms with Crippen LogP contribution in [-0.4, -0.2) is 37.0 Å². The highest BCUT2D eigenvalue weighted by Crippen LogP contribution is 2.33. The molecule has 3 aromatic carbocycles. The molecule has 35 heavy (non-hydrogen) atoms. The summed E-state index contributed by atoms with van der Waals surface area (Å²) in [6.07, 6.45) is 1.66. The van der Waals surface area contributed by atoms with E-state index >= 15 is 0 Å². The zero-order chi connectivity index (χ0) is 24.6. The standard InChI is InChI=1S/C28H30N4O3/c1-21(16-17-22-10-4-2-5-11-22)30-26(33)19-31-24-14-8-9-15-25(24)32(20-27(31)34)28(35)29-18-23-12-6-3-7-13-23/h2-15,21H,16-20H2,1H3,(H,29,35)(H,30,33). The predicted octanol–water partition coefficient (Wildman–Crippen LogP) is 3.89. The van der Waals surface area contributed by atoms with Crippen molar-refractivity contribution in [2.75, 3.05) is 22.9 Å². The first kappa shape index (κ1) is 24.0. The Balaban J connectivity index is 1.37. The van der Waals surface area contributed by atoms with Crippen molar-refractivity contribution < 1.29 is 14.4 Å². The van der Waals surface area contributed by atoms with Crippen molar-refractivity contribution in [2.45, 2.75) is 32.4 Å². The second kappa shape index (κ2) is 11.3. The van der Waals surface area contributed by atoms with E-state index in [9.17, 15) is 14.4 Å². The molecule has 1 aliphatic rings. The summed E-state index contributed by atoms with van der Waals surface area (Å²) < 4.78 is 0. The van der Waals surface area contributed by atoms with Crippen molar-refractivity contribution in [1.82, 2.24) is 10.6 Å². The Labute approximate surface area is 205 Å². The number of urea groups is 1. The summed E-state index contributed by atoms with van der Waals surface area (Å²) in [7, 11) is 0. The number of carbonyl (C=O) groups excluding carboxylic acids is 3. The maximum Gasteiger partial charge on any atom is 0.322 e. The SMILES string of the molecule is CC(CCc1ccccc1)NC(=O)CN1C(=O)CN(C(=O)NCc2ccccc2)c2ccccc21. The molecule has 0 bridgehead atoms. The molecule has 0 spiro atoms. The van der Waals surface area contributed by atoms with Crippen LogP contribution in [0, 0.1) is 0 Å². The summed E-state index contributed by atoms with van der Waals surface area (Å²) >= 11 is 0. The predicted molar refractivity (Wildman–Crippen MR) is 137 cm³/mol. The molecule has 0 aromatic heterocycles. The number of hydrogen-bond acceptors (Lipinski definition) is 3. The number of anilines is 2. The molecular weight excluding hydrogens is 440 g/mol. The molecule has 0 fully saturated rings. The minimum Gasteiger partial charge on any atom is -0.352 e. The summed E-state index contributed by atoms with van der Waals surface area (Å²) in [4.78, 5) is 41.6. The van der Waals surface area contributed by atoms with E-state index in [4.69, 9.17) is 0 Å². The molecule has 1 atom stereocenters. The molecule has 4 amide bonds. The number of aryl methyl sites for hydroxylation is 1. The second-order valence-corrected chi connectivity index (χ2v) is 8.69. The molecular formula is C28H30N4O3. The average molecular weight is 471 g/mol. The molecule has 4 rings (SSSR count). The summed E-state index contributed by atoms with van der Waals surface area (Å²) in [5, 5.41) is 5.87. The Morgan fingerprint density at radius 2 is 1.46 bits per heavy atom. The van der Waals surface area contributed by atoms with E-state index in [0.717, 1.165) is 18.4 Å². The van der Waals surface area contributed by atoms with Crippen LogP contribution < -0.4 is 20.4 Å². The minimum absolute atomic E-state index is 0.0295. The van der Waals surface area contributed by atoms with Gasteiger partial charge in [0, 0.05) is 12.6 Å². The lowest BCUT2D eigenvalue weighted by Gasteiger charge is -2.35. The lowest BCUT2D eigenvalue weighted by Crippen LogP contribution is -2.53. The zero-order valence-electron chi connectivity index (χ0n) is 19.8. The van der Waals surface area contributed by atoms with Gasteiger partial charge in [0.05, 0.1) is 11.4 Å². The average Bonchev–Trinajstić information content (AvgIpc) is 2.88. The first-order valence-corrected chi connectivity index (χ1v) is 11.8. The molecule has 1 unspecified atom stereocenters. The molecule has 7 nitrogen and oxygen atoms in total. The van der Waals surface area contributed by atoms with Crippen molar-refractivity contribution in [2.24, 2.45) is 0 Å². The second-order valence-electron chi connectivity index (χ2n) is 8.69. The number of para-hydroxylation sites is 2. The number of rotatable bonds is 8. The van der Waals surface area contributed by atoms with Crippen LogP contribution in [0.4, 0.5) is 16.2 Å². The van der Waals surface area contributed by atoms with Crippen LogP contribution in [-0.2, 0) is 22.6 Å². The monoisotopic (exact) mass is 470 g/mol. The summed E-state index contributed by atoms with van der Waals surface area (Å²) in [5.41, 5.74) is 3.34. The molecule has 1 heterocycles. The van der Waals surface area contributed by atoms with Gasteiger partial charge in [-0.3, -0.25) is 19.4 Å². The van der Waals surface area contributed by atoms with Crippen LogP contribution in [0.15, 0.2) is 84.9 Å². The highest BCUT2D eigenvalue weighted by atomic mass is 16.2. The molecule has 180 valence electrons. The van der Waals surface area contributed by atoms with E-state index < -0.39 is 0 Å². The first-order chi connectivity index (χ1) is 17.0. The number of hydrogen-bond donors (Lipinski definition) is 2. The van der Waals surface area contributed by atoms with Crippen molar-refractivity contribution >= 4 is 29.2 Å². The van der Waals surface area contributed by atoms with Crippen molar-refractivity contribution in [3.63, 3.8) is 0 Å². The van der Waals surface area contributed by atoms with Crippen LogP contribution >= 0.6 is 0 Å². The summed E-state index contributed by atoms with van der Waals surface area (Å²) in [5.74, 6) is -0.527. The van der Waals surface area contributed by atoms with Crippen LogP contribution in [0.25, 0.3) is 0 Å². The minimum atomic E-state index is -0.353. The number of nitrogens with zero attached hydrogens (tertiary/aromatic N) is 2. The number of benzene rings is 3. The third-order valence-corrected chi connectivity index (χ3v) is 6.01. The fourth-order valence-corrected chi connectivity index (χ4v) is 4.15. The Morgan fingerprint density at radius 1 is 0.857 bits per heavy atom. The van der Waals surface area contributed by atoms with E-state index in [1.807, 2.05) is 61.5 Å². The number of carbonyl (C=O) groups is 3. The van der Waals surface area contributed by atoms with E-state index in [-0.39, 0.29) is 37.0 Å². The van der Waals surface area contributed by atoms with E-state index in [2.05, 4.69) is 22.8 Å². The van der Waals surface area contributed by atoms with Gasteiger partial charge in [0.2, 0.25) is 11.8 Å². The molecule has 0 radical (unpaired) electrons. The topological polar surface area (TPSA) is 81.8 Å². The lowest BCUT2D eigenvalue weighted by molar-refractivity contribution is -0.123. The summed E-state index contributed by atoms with van der Waals surface area (Å²) in [6, 6.07) is 26.5. The van der Waals surface area contributed by atoms with Crippen LogP contribution in [0.2, 0.25) is 0 Å². The van der Waals surface area contributed by atoms with Crippen molar-refractivity contribution in [3.8, 4) is 0 Å². The largest absolute Gasteiger partial charge is 0.352 e. The first-order valence-electron chi connectivity index (χ1n) is 11.8. The normalized spacial score (nSPS) is 13.7. The van der Waals surface area contributed by atoms with Crippen LogP contribution in [0.5, 0.6) is 0 Å². The third-order valence-electron chi connectivity index (χ3n) is 6.01. The molecule has 7 heteroatoms. The highest BCUT2D eigenvalue weighted by molar-refractivity contribution is 6.12. The van der Waals surface area contributed by atoms with Gasteiger partial charge in [-0.15, -0.1) is 0 Å². The Kier molecular flexibility index (Phi) is 7.77. The van der Waals surface area contributed by atoms with E-state index in [0.29, 0.717) is 17.9 Å². The van der Waals surface area contributed by atoms with Crippen LogP contribution in [0.3, 0.4) is 0 Å². The van der Waals surface area contributed by atoms with Gasteiger partial charge in [0.15, 0.2) is 0 Å². The fraction of sp³-hybridized carbons (Fsp3) is 0.250. The van der Waals surface area contributed by atoms with Crippen LogP contribution in [0.1, 0.15) is 24.5 Å². The molecule has 2 N–H and O–H groups in total. The quantitative estimate of drug-likeness (QED) is 0.524. The maximum absolute atomic E-state index is 13.0. The molecule has 3 aromatic rings. The number of amides is 4. The smallest absolute Gasteiger partial charge is 0.322 e. The lowest BCUT2D eigenvalue weighted by atomic mass is 10.1. The van der Waals surface area contributed by atoms with Crippen molar-refractivity contribution in [1.29, 1.82) is 0 Å². The number of nitrogens with one attached hydrogen (secondary N) is 2. The Bertz CT molecular complexity index is 1170. The third kappa shape index (κ3) is 6.26. The Morgan fingerprint density at radius 3 is 2.14 bits per heavy atom. The van der Waals surface area contributed by atoms with Gasteiger partial charge in [-0.25, -0.2) is 4.79 Å².